The SMILES string of the molecule is Cc1cnc(NCc2cccc(C)n2)c([N+](=O)[O-])c1. The molecule has 6 heteroatoms. The largest absolute Gasteiger partial charge is 0.359 e. The van der Waals surface area contributed by atoms with Crippen LogP contribution in [0.25, 0.3) is 0 Å². The molecule has 0 saturated carbocycles. The van der Waals surface area contributed by atoms with E-state index in [1.807, 2.05) is 25.1 Å². The van der Waals surface area contributed by atoms with E-state index in [1.165, 1.54) is 6.07 Å². The van der Waals surface area contributed by atoms with Crippen molar-refractivity contribution < 1.29 is 4.92 Å². The van der Waals surface area contributed by atoms with Crippen molar-refractivity contribution in [1.82, 2.24) is 9.97 Å². The zero-order valence-corrected chi connectivity index (χ0v) is 10.8. The van der Waals surface area contributed by atoms with Gasteiger partial charge in [-0.3, -0.25) is 15.1 Å². The standard InChI is InChI=1S/C13H14N4O2/c1-9-6-12(17(18)19)13(14-7-9)15-8-11-5-3-4-10(2)16-11/h3-7H,8H2,1-2H3,(H,14,15). The summed E-state index contributed by atoms with van der Waals surface area (Å²) in [5.41, 5.74) is 2.46. The number of nitrogens with one attached hydrogen (secondary N) is 1. The van der Waals surface area contributed by atoms with Gasteiger partial charge in [0.2, 0.25) is 5.82 Å². The van der Waals surface area contributed by atoms with Crippen LogP contribution in [0.1, 0.15) is 17.0 Å². The lowest BCUT2D eigenvalue weighted by molar-refractivity contribution is -0.384. The first-order chi connectivity index (χ1) is 9.06. The van der Waals surface area contributed by atoms with Crippen molar-refractivity contribution in [3.8, 4) is 0 Å². The smallest absolute Gasteiger partial charge is 0.311 e. The Balaban J connectivity index is 2.17. The molecule has 0 aliphatic carbocycles. The van der Waals surface area contributed by atoms with Crippen LogP contribution in [0, 0.1) is 24.0 Å². The monoisotopic (exact) mass is 258 g/mol. The average molecular weight is 258 g/mol. The molecular formula is C13H14N4O2. The van der Waals surface area contributed by atoms with Crippen molar-refractivity contribution in [2.75, 3.05) is 5.32 Å². The lowest BCUT2D eigenvalue weighted by Gasteiger charge is -2.06. The lowest BCUT2D eigenvalue weighted by atomic mass is 10.2. The van der Waals surface area contributed by atoms with E-state index in [-0.39, 0.29) is 11.5 Å². The summed E-state index contributed by atoms with van der Waals surface area (Å²) in [6.45, 7) is 4.07. The van der Waals surface area contributed by atoms with E-state index in [0.29, 0.717) is 6.54 Å². The Labute approximate surface area is 110 Å². The maximum Gasteiger partial charge on any atom is 0.311 e. The molecule has 0 aliphatic rings. The molecule has 2 rings (SSSR count). The first kappa shape index (κ1) is 12.9. The van der Waals surface area contributed by atoms with Gasteiger partial charge in [0, 0.05) is 18.0 Å². The van der Waals surface area contributed by atoms with Gasteiger partial charge in [-0.1, -0.05) is 6.07 Å². The number of hydrogen-bond donors (Lipinski definition) is 1. The lowest BCUT2D eigenvalue weighted by Crippen LogP contribution is -2.06. The molecule has 0 saturated heterocycles. The van der Waals surface area contributed by atoms with E-state index >= 15 is 0 Å². The van der Waals surface area contributed by atoms with Crippen LogP contribution >= 0.6 is 0 Å². The third-order valence-corrected chi connectivity index (χ3v) is 2.58. The van der Waals surface area contributed by atoms with Crippen LogP contribution in [0.2, 0.25) is 0 Å². The molecule has 1 N–H and O–H groups in total. The summed E-state index contributed by atoms with van der Waals surface area (Å²) in [6, 6.07) is 7.16. The Hall–Kier alpha value is -2.50. The van der Waals surface area contributed by atoms with Crippen LogP contribution in [-0.4, -0.2) is 14.9 Å². The minimum atomic E-state index is -0.438. The van der Waals surface area contributed by atoms with Crippen molar-refractivity contribution in [2.45, 2.75) is 20.4 Å². The van der Waals surface area contributed by atoms with Gasteiger partial charge in [-0.05, 0) is 31.5 Å². The van der Waals surface area contributed by atoms with Gasteiger partial charge < -0.3 is 5.32 Å². The highest BCUT2D eigenvalue weighted by Gasteiger charge is 2.15. The van der Waals surface area contributed by atoms with Crippen LogP contribution in [0.3, 0.4) is 0 Å². The first-order valence-corrected chi connectivity index (χ1v) is 5.83. The van der Waals surface area contributed by atoms with Gasteiger partial charge in [0.1, 0.15) is 0 Å². The topological polar surface area (TPSA) is 81.0 Å². The second kappa shape index (κ2) is 5.43. The molecule has 0 unspecified atom stereocenters. The maximum atomic E-state index is 10.9. The van der Waals surface area contributed by atoms with Gasteiger partial charge in [0.05, 0.1) is 17.2 Å². The van der Waals surface area contributed by atoms with Crippen molar-refractivity contribution in [1.29, 1.82) is 0 Å². The summed E-state index contributed by atoms with van der Waals surface area (Å²) >= 11 is 0. The fraction of sp³-hybridized carbons (Fsp3) is 0.231. The molecule has 0 fully saturated rings. The van der Waals surface area contributed by atoms with Crippen LogP contribution in [0.5, 0.6) is 0 Å². The zero-order chi connectivity index (χ0) is 13.8. The second-order valence-corrected chi connectivity index (χ2v) is 4.26. The highest BCUT2D eigenvalue weighted by atomic mass is 16.6. The third kappa shape index (κ3) is 3.25. The van der Waals surface area contributed by atoms with Gasteiger partial charge in [-0.2, -0.15) is 0 Å². The molecule has 0 spiro atoms. The number of nitrogens with zero attached hydrogens (tertiary/aromatic N) is 3. The predicted molar refractivity (Wildman–Crippen MR) is 71.9 cm³/mol. The van der Waals surface area contributed by atoms with Gasteiger partial charge in [-0.25, -0.2) is 4.98 Å². The van der Waals surface area contributed by atoms with Gasteiger partial charge >= 0.3 is 5.69 Å². The fourth-order valence-corrected chi connectivity index (χ4v) is 1.70. The molecule has 0 atom stereocenters. The summed E-state index contributed by atoms with van der Waals surface area (Å²) in [6.07, 6.45) is 1.60. The average Bonchev–Trinajstić information content (AvgIpc) is 2.37. The number of anilines is 1. The predicted octanol–water partition coefficient (Wildman–Crippen LogP) is 2.61. The van der Waals surface area contributed by atoms with Crippen LogP contribution in [0.4, 0.5) is 11.5 Å². The molecule has 0 radical (unpaired) electrons. The second-order valence-electron chi connectivity index (χ2n) is 4.26. The zero-order valence-electron chi connectivity index (χ0n) is 10.8. The van der Waals surface area contributed by atoms with Crippen LogP contribution < -0.4 is 5.32 Å². The fourth-order valence-electron chi connectivity index (χ4n) is 1.70. The molecule has 19 heavy (non-hydrogen) atoms. The molecule has 2 heterocycles. The quantitative estimate of drug-likeness (QED) is 0.673. The molecule has 2 aromatic rings. The summed E-state index contributed by atoms with van der Waals surface area (Å²) in [4.78, 5) is 18.9. The van der Waals surface area contributed by atoms with Gasteiger partial charge in [0.15, 0.2) is 0 Å². The Morgan fingerprint density at radius 1 is 1.37 bits per heavy atom. The van der Waals surface area contributed by atoms with Gasteiger partial charge in [0.25, 0.3) is 0 Å². The number of rotatable bonds is 4. The van der Waals surface area contributed by atoms with Crippen molar-refractivity contribution >= 4 is 11.5 Å². The van der Waals surface area contributed by atoms with Crippen molar-refractivity contribution in [2.24, 2.45) is 0 Å². The van der Waals surface area contributed by atoms with E-state index in [4.69, 9.17) is 0 Å². The summed E-state index contributed by atoms with van der Waals surface area (Å²) in [7, 11) is 0. The Morgan fingerprint density at radius 3 is 2.84 bits per heavy atom. The first-order valence-electron chi connectivity index (χ1n) is 5.83. The third-order valence-electron chi connectivity index (χ3n) is 2.58. The van der Waals surface area contributed by atoms with Crippen molar-refractivity contribution in [3.63, 3.8) is 0 Å². The number of nitro groups is 1. The molecule has 0 aromatic carbocycles. The van der Waals surface area contributed by atoms with Crippen LogP contribution in [-0.2, 0) is 6.54 Å². The van der Waals surface area contributed by atoms with E-state index in [1.54, 1.807) is 13.1 Å². The highest BCUT2D eigenvalue weighted by Crippen LogP contribution is 2.22. The molecule has 6 nitrogen and oxygen atoms in total. The normalized spacial score (nSPS) is 10.2. The Bertz CT molecular complexity index is 613. The number of pyridine rings is 2. The maximum absolute atomic E-state index is 10.9. The van der Waals surface area contributed by atoms with Gasteiger partial charge in [-0.15, -0.1) is 0 Å². The number of hydrogen-bond acceptors (Lipinski definition) is 5. The Kier molecular flexibility index (Phi) is 3.70. The Morgan fingerprint density at radius 2 is 2.16 bits per heavy atom. The molecule has 0 bridgehead atoms. The summed E-state index contributed by atoms with van der Waals surface area (Å²) in [5.74, 6) is 0.263. The minimum absolute atomic E-state index is 0.0207. The molecular weight excluding hydrogens is 244 g/mol. The van der Waals surface area contributed by atoms with E-state index < -0.39 is 4.92 Å². The number of aryl methyl sites for hydroxylation is 2. The molecule has 2 aromatic heterocycles. The summed E-state index contributed by atoms with van der Waals surface area (Å²) in [5, 5.41) is 13.9. The molecule has 0 amide bonds. The van der Waals surface area contributed by atoms with Crippen molar-refractivity contribution in [3.05, 3.63) is 57.5 Å². The molecule has 98 valence electrons. The molecule has 0 aliphatic heterocycles. The van der Waals surface area contributed by atoms with Crippen LogP contribution in [0.15, 0.2) is 30.5 Å². The van der Waals surface area contributed by atoms with E-state index in [2.05, 4.69) is 15.3 Å². The number of aromatic nitrogens is 2. The minimum Gasteiger partial charge on any atom is -0.359 e. The van der Waals surface area contributed by atoms with E-state index in [0.717, 1.165) is 17.0 Å². The highest BCUT2D eigenvalue weighted by molar-refractivity contribution is 5.56. The van der Waals surface area contributed by atoms with E-state index in [9.17, 15) is 10.1 Å². The summed E-state index contributed by atoms with van der Waals surface area (Å²) < 4.78 is 0.